The number of thiophene rings is 1. The van der Waals surface area contributed by atoms with Gasteiger partial charge in [-0.3, -0.25) is 9.59 Å². The number of hydrogen-bond donors (Lipinski definition) is 2. The molecule has 0 saturated heterocycles. The number of methoxy groups -OCH3 is 1. The summed E-state index contributed by atoms with van der Waals surface area (Å²) in [6.07, 6.45) is 0.228. The van der Waals surface area contributed by atoms with E-state index in [1.807, 2.05) is 31.2 Å². The Kier molecular flexibility index (Phi) is 7.19. The van der Waals surface area contributed by atoms with E-state index in [0.717, 1.165) is 16.0 Å². The molecule has 0 bridgehead atoms. The van der Waals surface area contributed by atoms with Crippen molar-refractivity contribution in [2.24, 2.45) is 0 Å². The average molecular weight is 418 g/mol. The first kappa shape index (κ1) is 22.6. The Morgan fingerprint density at radius 2 is 1.72 bits per heavy atom. The molecule has 7 heteroatoms. The highest BCUT2D eigenvalue weighted by Crippen LogP contribution is 2.41. The Morgan fingerprint density at radius 3 is 2.24 bits per heavy atom. The molecule has 6 nitrogen and oxygen atoms in total. The van der Waals surface area contributed by atoms with E-state index in [9.17, 15) is 14.4 Å². The SMILES string of the molecule is COC(=O)c1c(NC(=O)CCCC(=O)O)sc(C)c1-c1ccc(C(C)(C)C)cc1. The Bertz CT molecular complexity index is 907. The number of carboxylic acid groups (broad SMARTS) is 1. The first-order valence-corrected chi connectivity index (χ1v) is 10.2. The highest BCUT2D eigenvalue weighted by atomic mass is 32.1. The number of amides is 1. The Hall–Kier alpha value is -2.67. The van der Waals surface area contributed by atoms with Crippen molar-refractivity contribution < 1.29 is 24.2 Å². The van der Waals surface area contributed by atoms with Gasteiger partial charge in [0.25, 0.3) is 0 Å². The van der Waals surface area contributed by atoms with Crippen molar-refractivity contribution in [3.05, 3.63) is 40.3 Å². The van der Waals surface area contributed by atoms with Crippen LogP contribution >= 0.6 is 11.3 Å². The summed E-state index contributed by atoms with van der Waals surface area (Å²) in [5.74, 6) is -1.79. The molecule has 0 radical (unpaired) electrons. The number of benzene rings is 1. The number of hydrogen-bond acceptors (Lipinski definition) is 5. The molecule has 0 unspecified atom stereocenters. The van der Waals surface area contributed by atoms with Crippen LogP contribution in [0.4, 0.5) is 5.00 Å². The molecule has 0 atom stereocenters. The van der Waals surface area contributed by atoms with Crippen LogP contribution in [0.1, 0.15) is 60.8 Å². The summed E-state index contributed by atoms with van der Waals surface area (Å²) in [5.41, 5.74) is 3.13. The van der Waals surface area contributed by atoms with Gasteiger partial charge in [0.1, 0.15) is 10.6 Å². The maximum Gasteiger partial charge on any atom is 0.341 e. The van der Waals surface area contributed by atoms with Gasteiger partial charge in [-0.1, -0.05) is 45.0 Å². The number of nitrogens with one attached hydrogen (secondary N) is 1. The molecule has 156 valence electrons. The van der Waals surface area contributed by atoms with Crippen LogP contribution in [0.3, 0.4) is 0 Å². The molecule has 1 aromatic carbocycles. The maximum absolute atomic E-state index is 12.5. The van der Waals surface area contributed by atoms with Crippen LogP contribution in [0, 0.1) is 6.92 Å². The maximum atomic E-state index is 12.5. The molecule has 0 spiro atoms. The topological polar surface area (TPSA) is 92.7 Å². The fourth-order valence-electron chi connectivity index (χ4n) is 3.00. The van der Waals surface area contributed by atoms with Gasteiger partial charge in [-0.15, -0.1) is 11.3 Å². The third kappa shape index (κ3) is 5.67. The molecule has 0 aliphatic carbocycles. The highest BCUT2D eigenvalue weighted by molar-refractivity contribution is 7.17. The average Bonchev–Trinajstić information content (AvgIpc) is 2.95. The number of ether oxygens (including phenoxy) is 1. The van der Waals surface area contributed by atoms with Crippen molar-refractivity contribution in [3.8, 4) is 11.1 Å². The zero-order valence-corrected chi connectivity index (χ0v) is 18.2. The minimum absolute atomic E-state index is 0.0164. The Morgan fingerprint density at radius 1 is 1.10 bits per heavy atom. The van der Waals surface area contributed by atoms with E-state index in [1.165, 1.54) is 24.0 Å². The first-order valence-electron chi connectivity index (χ1n) is 9.39. The number of anilines is 1. The Labute approximate surface area is 174 Å². The second-order valence-corrected chi connectivity index (χ2v) is 9.08. The molecule has 0 aliphatic rings. The second-order valence-electron chi connectivity index (χ2n) is 7.85. The van der Waals surface area contributed by atoms with Crippen molar-refractivity contribution in [2.75, 3.05) is 12.4 Å². The zero-order chi connectivity index (χ0) is 21.8. The van der Waals surface area contributed by atoms with Crippen LogP contribution in [0.15, 0.2) is 24.3 Å². The van der Waals surface area contributed by atoms with E-state index in [2.05, 4.69) is 26.1 Å². The highest BCUT2D eigenvalue weighted by Gasteiger charge is 2.25. The molecule has 0 fully saturated rings. The lowest BCUT2D eigenvalue weighted by Gasteiger charge is -2.19. The predicted molar refractivity (Wildman–Crippen MR) is 115 cm³/mol. The van der Waals surface area contributed by atoms with Crippen LogP contribution in [-0.2, 0) is 19.7 Å². The monoisotopic (exact) mass is 417 g/mol. The molecule has 1 aromatic heterocycles. The number of rotatable bonds is 7. The molecule has 1 amide bonds. The minimum Gasteiger partial charge on any atom is -0.481 e. The van der Waals surface area contributed by atoms with Crippen LogP contribution in [0.2, 0.25) is 0 Å². The third-order valence-electron chi connectivity index (χ3n) is 4.56. The van der Waals surface area contributed by atoms with Crippen LogP contribution in [-0.4, -0.2) is 30.1 Å². The predicted octanol–water partition coefficient (Wildman–Crippen LogP) is 5.00. The largest absolute Gasteiger partial charge is 0.481 e. The third-order valence-corrected chi connectivity index (χ3v) is 5.58. The standard InChI is InChI=1S/C22H27NO5S/c1-13-18(14-9-11-15(12-10-14)22(2,3)4)19(21(27)28-5)20(29-13)23-16(24)7-6-8-17(25)26/h9-12H,6-8H2,1-5H3,(H,23,24)(H,25,26). The van der Waals surface area contributed by atoms with Gasteiger partial charge >= 0.3 is 11.9 Å². The van der Waals surface area contributed by atoms with Crippen LogP contribution in [0.5, 0.6) is 0 Å². The molecule has 2 aromatic rings. The van der Waals surface area contributed by atoms with Gasteiger partial charge in [0.05, 0.1) is 7.11 Å². The van der Waals surface area contributed by atoms with E-state index < -0.39 is 11.9 Å². The quantitative estimate of drug-likeness (QED) is 0.618. The van der Waals surface area contributed by atoms with E-state index in [-0.39, 0.29) is 30.6 Å². The number of aliphatic carboxylic acids is 1. The van der Waals surface area contributed by atoms with E-state index >= 15 is 0 Å². The van der Waals surface area contributed by atoms with Gasteiger partial charge < -0.3 is 15.2 Å². The number of carbonyl (C=O) groups is 3. The van der Waals surface area contributed by atoms with Gasteiger partial charge in [-0.05, 0) is 29.9 Å². The fourth-order valence-corrected chi connectivity index (χ4v) is 4.08. The number of carboxylic acids is 1. The number of esters is 1. The van der Waals surface area contributed by atoms with Crippen molar-refractivity contribution in [3.63, 3.8) is 0 Å². The smallest absolute Gasteiger partial charge is 0.341 e. The van der Waals surface area contributed by atoms with E-state index in [0.29, 0.717) is 10.6 Å². The van der Waals surface area contributed by atoms with Crippen molar-refractivity contribution in [1.29, 1.82) is 0 Å². The lowest BCUT2D eigenvalue weighted by Crippen LogP contribution is -2.14. The molecule has 0 saturated carbocycles. The van der Waals surface area contributed by atoms with Crippen molar-refractivity contribution in [1.82, 2.24) is 0 Å². The normalized spacial score (nSPS) is 11.2. The molecule has 1 heterocycles. The second kappa shape index (κ2) is 9.22. The first-order chi connectivity index (χ1) is 13.5. The van der Waals surface area contributed by atoms with Gasteiger partial charge in [-0.2, -0.15) is 0 Å². The summed E-state index contributed by atoms with van der Waals surface area (Å²) in [6, 6.07) is 8.02. The summed E-state index contributed by atoms with van der Waals surface area (Å²) in [6.45, 7) is 8.30. The molecular formula is C22H27NO5S. The van der Waals surface area contributed by atoms with Crippen LogP contribution in [0.25, 0.3) is 11.1 Å². The van der Waals surface area contributed by atoms with E-state index in [1.54, 1.807) is 0 Å². The van der Waals surface area contributed by atoms with Crippen LogP contribution < -0.4 is 5.32 Å². The van der Waals surface area contributed by atoms with Gasteiger partial charge in [0, 0.05) is 23.3 Å². The molecule has 0 aliphatic heterocycles. The summed E-state index contributed by atoms with van der Waals surface area (Å²) < 4.78 is 4.96. The number of aryl methyl sites for hydroxylation is 1. The summed E-state index contributed by atoms with van der Waals surface area (Å²) in [4.78, 5) is 36.2. The Balaban J connectivity index is 2.37. The van der Waals surface area contributed by atoms with Gasteiger partial charge in [0.15, 0.2) is 0 Å². The molecule has 29 heavy (non-hydrogen) atoms. The van der Waals surface area contributed by atoms with Gasteiger partial charge in [0.2, 0.25) is 5.91 Å². The molecular weight excluding hydrogens is 390 g/mol. The number of carbonyl (C=O) groups excluding carboxylic acids is 2. The van der Waals surface area contributed by atoms with Crippen molar-refractivity contribution >= 4 is 34.2 Å². The van der Waals surface area contributed by atoms with Gasteiger partial charge in [-0.25, -0.2) is 4.79 Å². The van der Waals surface area contributed by atoms with Crippen molar-refractivity contribution in [2.45, 2.75) is 52.4 Å². The van der Waals surface area contributed by atoms with E-state index in [4.69, 9.17) is 9.84 Å². The minimum atomic E-state index is -0.944. The molecule has 2 rings (SSSR count). The zero-order valence-electron chi connectivity index (χ0n) is 17.4. The molecule has 2 N–H and O–H groups in total. The lowest BCUT2D eigenvalue weighted by molar-refractivity contribution is -0.137. The summed E-state index contributed by atoms with van der Waals surface area (Å²) >= 11 is 1.31. The summed E-state index contributed by atoms with van der Waals surface area (Å²) in [5, 5.41) is 11.9. The summed E-state index contributed by atoms with van der Waals surface area (Å²) in [7, 11) is 1.31. The fraction of sp³-hybridized carbons (Fsp3) is 0.409. The lowest BCUT2D eigenvalue weighted by atomic mass is 9.86.